The van der Waals surface area contributed by atoms with E-state index in [2.05, 4.69) is 5.32 Å². The Morgan fingerprint density at radius 2 is 1.92 bits per heavy atom. The molecular formula is C18H14N2O4. The van der Waals surface area contributed by atoms with Gasteiger partial charge in [0, 0.05) is 0 Å². The molecule has 6 nitrogen and oxygen atoms in total. The van der Waals surface area contributed by atoms with E-state index in [-0.39, 0.29) is 23.8 Å². The molecule has 24 heavy (non-hydrogen) atoms. The van der Waals surface area contributed by atoms with Gasteiger partial charge in [-0.1, -0.05) is 24.3 Å². The van der Waals surface area contributed by atoms with E-state index in [0.29, 0.717) is 35.7 Å². The Balaban J connectivity index is 1.79. The minimum atomic E-state index is -0.522. The van der Waals surface area contributed by atoms with Gasteiger partial charge in [-0.2, -0.15) is 0 Å². The maximum atomic E-state index is 13.1. The molecule has 0 saturated heterocycles. The number of fused-ring (bicyclic) bond motifs is 2. The predicted molar refractivity (Wildman–Crippen MR) is 86.2 cm³/mol. The third-order valence-electron chi connectivity index (χ3n) is 4.19. The van der Waals surface area contributed by atoms with Gasteiger partial charge in [0.1, 0.15) is 12.4 Å². The van der Waals surface area contributed by atoms with Gasteiger partial charge in [-0.05, 0) is 23.8 Å². The molecule has 2 aliphatic rings. The first-order valence-corrected chi connectivity index (χ1v) is 7.65. The van der Waals surface area contributed by atoms with E-state index in [0.717, 1.165) is 0 Å². The minimum Gasteiger partial charge on any atom is -0.490 e. The lowest BCUT2D eigenvalue weighted by atomic mass is 9.94. The molecular weight excluding hydrogens is 308 g/mol. The van der Waals surface area contributed by atoms with Gasteiger partial charge in [0.2, 0.25) is 5.91 Å². The largest absolute Gasteiger partial charge is 0.490 e. The van der Waals surface area contributed by atoms with Crippen LogP contribution in [0.4, 0.5) is 5.69 Å². The van der Waals surface area contributed by atoms with Crippen molar-refractivity contribution in [2.24, 2.45) is 0 Å². The fourth-order valence-corrected chi connectivity index (χ4v) is 3.13. The van der Waals surface area contributed by atoms with Gasteiger partial charge in [0.05, 0.1) is 29.8 Å². The van der Waals surface area contributed by atoms with Crippen molar-refractivity contribution >= 4 is 23.4 Å². The average Bonchev–Trinajstić information content (AvgIpc) is 2.60. The number of carbonyl (C=O) groups is 3. The second-order valence-electron chi connectivity index (χ2n) is 5.67. The fraction of sp³-hybridized carbons (Fsp3) is 0.167. The van der Waals surface area contributed by atoms with Crippen molar-refractivity contribution in [2.75, 3.05) is 18.1 Å². The molecule has 2 heterocycles. The zero-order valence-electron chi connectivity index (χ0n) is 12.7. The van der Waals surface area contributed by atoms with Crippen LogP contribution in [-0.2, 0) is 11.2 Å². The molecule has 0 atom stereocenters. The molecule has 0 aromatic heterocycles. The van der Waals surface area contributed by atoms with Gasteiger partial charge in [-0.15, -0.1) is 0 Å². The lowest BCUT2D eigenvalue weighted by Gasteiger charge is -2.30. The van der Waals surface area contributed by atoms with E-state index in [4.69, 9.17) is 4.74 Å². The van der Waals surface area contributed by atoms with Crippen LogP contribution in [0.25, 0.3) is 0 Å². The van der Waals surface area contributed by atoms with Gasteiger partial charge in [0.25, 0.3) is 11.8 Å². The maximum absolute atomic E-state index is 13.1. The molecule has 4 rings (SSSR count). The number of hydrogen-bond acceptors (Lipinski definition) is 4. The maximum Gasteiger partial charge on any atom is 0.259 e. The smallest absolute Gasteiger partial charge is 0.259 e. The molecule has 0 unspecified atom stereocenters. The zero-order valence-corrected chi connectivity index (χ0v) is 12.7. The van der Waals surface area contributed by atoms with Crippen LogP contribution in [0.15, 0.2) is 42.5 Å². The normalized spacial score (nSPS) is 15.9. The Kier molecular flexibility index (Phi) is 3.30. The van der Waals surface area contributed by atoms with Crippen molar-refractivity contribution in [3.8, 4) is 5.75 Å². The third-order valence-corrected chi connectivity index (χ3v) is 4.19. The van der Waals surface area contributed by atoms with E-state index in [1.54, 1.807) is 29.2 Å². The quantitative estimate of drug-likeness (QED) is 0.808. The van der Waals surface area contributed by atoms with Crippen LogP contribution >= 0.6 is 0 Å². The Morgan fingerprint density at radius 1 is 1.08 bits per heavy atom. The topological polar surface area (TPSA) is 75.7 Å². The number of rotatable bonds is 1. The molecule has 6 heteroatoms. The molecule has 2 aromatic rings. The highest BCUT2D eigenvalue weighted by Crippen LogP contribution is 2.33. The number of benzene rings is 2. The predicted octanol–water partition coefficient (Wildman–Crippen LogP) is 1.54. The number of nitrogens with zero attached hydrogens (tertiary/aromatic N) is 1. The summed E-state index contributed by atoms with van der Waals surface area (Å²) in [5, 5.41) is 2.28. The average molecular weight is 322 g/mol. The van der Waals surface area contributed by atoms with Crippen LogP contribution in [0.3, 0.4) is 0 Å². The molecule has 3 amide bonds. The lowest BCUT2D eigenvalue weighted by Crippen LogP contribution is -2.42. The van der Waals surface area contributed by atoms with E-state index < -0.39 is 5.91 Å². The van der Waals surface area contributed by atoms with Crippen LogP contribution in [0.5, 0.6) is 5.75 Å². The number of carbonyl (C=O) groups excluding carboxylic acids is 3. The van der Waals surface area contributed by atoms with Crippen LogP contribution in [0.2, 0.25) is 0 Å². The summed E-state index contributed by atoms with van der Waals surface area (Å²) in [5.74, 6) is -0.505. The molecule has 2 aromatic carbocycles. The molecule has 120 valence electrons. The molecule has 2 aliphatic heterocycles. The van der Waals surface area contributed by atoms with Crippen LogP contribution in [0.1, 0.15) is 26.3 Å². The Bertz CT molecular complexity index is 875. The molecule has 0 saturated carbocycles. The highest BCUT2D eigenvalue weighted by molar-refractivity contribution is 6.18. The van der Waals surface area contributed by atoms with E-state index in [1.165, 1.54) is 0 Å². The number of nitrogens with one attached hydrogen (secondary N) is 1. The third kappa shape index (κ3) is 2.23. The summed E-state index contributed by atoms with van der Waals surface area (Å²) in [6, 6.07) is 12.3. The van der Waals surface area contributed by atoms with Crippen molar-refractivity contribution in [1.82, 2.24) is 5.32 Å². The Labute approximate surface area is 138 Å². The Hall–Kier alpha value is -3.15. The number of anilines is 1. The highest BCUT2D eigenvalue weighted by atomic mass is 16.5. The molecule has 0 bridgehead atoms. The second-order valence-corrected chi connectivity index (χ2v) is 5.67. The first kappa shape index (κ1) is 14.4. The van der Waals surface area contributed by atoms with Crippen LogP contribution in [-0.4, -0.2) is 30.9 Å². The zero-order chi connectivity index (χ0) is 16.7. The van der Waals surface area contributed by atoms with Gasteiger partial charge >= 0.3 is 0 Å². The highest BCUT2D eigenvalue weighted by Gasteiger charge is 2.31. The van der Waals surface area contributed by atoms with Crippen molar-refractivity contribution in [2.45, 2.75) is 6.42 Å². The van der Waals surface area contributed by atoms with Crippen molar-refractivity contribution in [3.63, 3.8) is 0 Å². The van der Waals surface area contributed by atoms with E-state index >= 15 is 0 Å². The van der Waals surface area contributed by atoms with Crippen molar-refractivity contribution < 1.29 is 19.1 Å². The van der Waals surface area contributed by atoms with Crippen LogP contribution in [0, 0.1) is 0 Å². The van der Waals surface area contributed by atoms with E-state index in [9.17, 15) is 14.4 Å². The van der Waals surface area contributed by atoms with Crippen LogP contribution < -0.4 is 15.0 Å². The number of hydrogen-bond donors (Lipinski definition) is 1. The molecule has 0 aliphatic carbocycles. The summed E-state index contributed by atoms with van der Waals surface area (Å²) in [5.41, 5.74) is 1.84. The van der Waals surface area contributed by atoms with E-state index in [1.807, 2.05) is 18.2 Å². The van der Waals surface area contributed by atoms with Crippen molar-refractivity contribution in [1.29, 1.82) is 0 Å². The SMILES string of the molecule is O=C1Cc2cccc(C(=O)N3CCOc4ccccc43)c2C(=O)N1. The summed E-state index contributed by atoms with van der Waals surface area (Å²) in [4.78, 5) is 38.4. The minimum absolute atomic E-state index is 0.0991. The first-order chi connectivity index (χ1) is 11.6. The molecule has 0 spiro atoms. The van der Waals surface area contributed by atoms with Crippen molar-refractivity contribution in [3.05, 3.63) is 59.2 Å². The standard InChI is InChI=1S/C18H14N2O4/c21-15-10-11-4-3-5-12(16(11)17(22)19-15)18(23)20-8-9-24-14-7-2-1-6-13(14)20/h1-7H,8-10H2,(H,19,21,22). The first-order valence-electron chi connectivity index (χ1n) is 7.65. The summed E-state index contributed by atoms with van der Waals surface area (Å²) in [6.07, 6.45) is 0.0991. The number of amides is 3. The summed E-state index contributed by atoms with van der Waals surface area (Å²) < 4.78 is 5.57. The molecule has 0 fully saturated rings. The lowest BCUT2D eigenvalue weighted by molar-refractivity contribution is -0.119. The molecule has 1 N–H and O–H groups in total. The molecule has 0 radical (unpaired) electrons. The van der Waals surface area contributed by atoms with Gasteiger partial charge < -0.3 is 9.64 Å². The van der Waals surface area contributed by atoms with Gasteiger partial charge in [-0.25, -0.2) is 0 Å². The Morgan fingerprint density at radius 3 is 2.79 bits per heavy atom. The number of ether oxygens (including phenoxy) is 1. The summed E-state index contributed by atoms with van der Waals surface area (Å²) >= 11 is 0. The van der Waals surface area contributed by atoms with Gasteiger partial charge in [0.15, 0.2) is 0 Å². The summed E-state index contributed by atoms with van der Waals surface area (Å²) in [7, 11) is 0. The second kappa shape index (κ2) is 5.49. The van der Waals surface area contributed by atoms with Gasteiger partial charge in [-0.3, -0.25) is 19.7 Å². The fourth-order valence-electron chi connectivity index (χ4n) is 3.13. The summed E-state index contributed by atoms with van der Waals surface area (Å²) in [6.45, 7) is 0.794. The number of para-hydroxylation sites is 2. The monoisotopic (exact) mass is 322 g/mol. The number of imide groups is 1.